The summed E-state index contributed by atoms with van der Waals surface area (Å²) in [6.45, 7) is 3.05. The highest BCUT2D eigenvalue weighted by molar-refractivity contribution is 6.38. The number of halogens is 5. The molecule has 0 bridgehead atoms. The summed E-state index contributed by atoms with van der Waals surface area (Å²) >= 11 is 13.0. The lowest BCUT2D eigenvalue weighted by Crippen LogP contribution is -2.35. The van der Waals surface area contributed by atoms with Gasteiger partial charge in [-0.05, 0) is 67.6 Å². The number of benzene rings is 2. The highest BCUT2D eigenvalue weighted by Gasteiger charge is 2.31. The number of nitrogens with one attached hydrogen (secondary N) is 1. The molecule has 1 aromatic heterocycles. The number of amides is 1. The molecule has 0 spiro atoms. The Morgan fingerprint density at radius 2 is 1.81 bits per heavy atom. The Labute approximate surface area is 188 Å². The second-order valence-corrected chi connectivity index (χ2v) is 8.75. The second-order valence-electron chi connectivity index (χ2n) is 7.96. The molecular weight excluding hydrogens is 448 g/mol. The quantitative estimate of drug-likeness (QED) is 0.440. The topological polar surface area (TPSA) is 36.1 Å². The molecule has 1 fully saturated rings. The van der Waals surface area contributed by atoms with Gasteiger partial charge in [-0.3, -0.25) is 4.79 Å². The van der Waals surface area contributed by atoms with E-state index in [-0.39, 0.29) is 17.4 Å². The van der Waals surface area contributed by atoms with E-state index >= 15 is 0 Å². The fraction of sp³-hybridized carbons (Fsp3) is 0.348. The molecule has 2 aromatic carbocycles. The van der Waals surface area contributed by atoms with Crippen molar-refractivity contribution in [3.63, 3.8) is 0 Å². The average molecular weight is 469 g/mol. The zero-order valence-corrected chi connectivity index (χ0v) is 18.4. The molecule has 3 nitrogen and oxygen atoms in total. The van der Waals surface area contributed by atoms with Crippen molar-refractivity contribution < 1.29 is 18.0 Å². The van der Waals surface area contributed by atoms with Crippen molar-refractivity contribution in [2.45, 2.75) is 38.8 Å². The fourth-order valence-electron chi connectivity index (χ4n) is 4.12. The summed E-state index contributed by atoms with van der Waals surface area (Å²) in [7, 11) is 0. The normalized spacial score (nSPS) is 15.0. The third kappa shape index (κ3) is 4.41. The first-order chi connectivity index (χ1) is 14.6. The number of carbonyl (C=O) groups is 1. The number of hydrogen-bond acceptors (Lipinski definition) is 1. The molecule has 1 aliphatic heterocycles. The van der Waals surface area contributed by atoms with Crippen LogP contribution in [0.3, 0.4) is 0 Å². The molecular formula is C23H21Cl2F3N2O. The number of fused-ring (bicyclic) bond motifs is 1. The lowest BCUT2D eigenvalue weighted by Gasteiger charge is -2.27. The Hall–Kier alpha value is -2.18. The highest BCUT2D eigenvalue weighted by Crippen LogP contribution is 2.35. The van der Waals surface area contributed by atoms with Gasteiger partial charge in [-0.15, -0.1) is 0 Å². The van der Waals surface area contributed by atoms with E-state index in [9.17, 15) is 18.0 Å². The van der Waals surface area contributed by atoms with Gasteiger partial charge in [0.15, 0.2) is 0 Å². The molecule has 1 N–H and O–H groups in total. The van der Waals surface area contributed by atoms with Gasteiger partial charge >= 0.3 is 6.18 Å². The van der Waals surface area contributed by atoms with Crippen molar-refractivity contribution in [3.05, 3.63) is 68.3 Å². The molecule has 31 heavy (non-hydrogen) atoms. The molecule has 0 unspecified atom stereocenters. The molecule has 0 radical (unpaired) electrons. The second kappa shape index (κ2) is 8.40. The van der Waals surface area contributed by atoms with Gasteiger partial charge in [0, 0.05) is 41.1 Å². The summed E-state index contributed by atoms with van der Waals surface area (Å²) in [5, 5.41) is 1.40. The van der Waals surface area contributed by atoms with E-state index < -0.39 is 11.7 Å². The van der Waals surface area contributed by atoms with Gasteiger partial charge in [0.05, 0.1) is 16.1 Å². The van der Waals surface area contributed by atoms with Crippen molar-refractivity contribution in [2.24, 2.45) is 0 Å². The van der Waals surface area contributed by atoms with Crippen LogP contribution in [0.25, 0.3) is 10.9 Å². The Balaban J connectivity index is 1.68. The minimum Gasteiger partial charge on any atom is -0.358 e. The van der Waals surface area contributed by atoms with Gasteiger partial charge in [0.25, 0.3) is 5.91 Å². The lowest BCUT2D eigenvalue weighted by molar-refractivity contribution is -0.137. The maximum absolute atomic E-state index is 13.1. The predicted molar refractivity (Wildman–Crippen MR) is 117 cm³/mol. The molecule has 0 atom stereocenters. The summed E-state index contributed by atoms with van der Waals surface area (Å²) in [6, 6.07) is 7.32. The van der Waals surface area contributed by atoms with Crippen LogP contribution in [0, 0.1) is 6.92 Å². The van der Waals surface area contributed by atoms with Crippen LogP contribution in [0.4, 0.5) is 13.2 Å². The zero-order valence-electron chi connectivity index (χ0n) is 16.9. The largest absolute Gasteiger partial charge is 0.416 e. The molecule has 8 heteroatoms. The van der Waals surface area contributed by atoms with Crippen LogP contribution in [0.15, 0.2) is 30.3 Å². The molecule has 0 aliphatic carbocycles. The molecule has 1 saturated heterocycles. The number of H-pyrrole nitrogens is 1. The Bertz CT molecular complexity index is 1150. The molecule has 3 aromatic rings. The number of carbonyl (C=O) groups excluding carboxylic acids is 1. The zero-order chi connectivity index (χ0) is 22.3. The monoisotopic (exact) mass is 468 g/mol. The smallest absolute Gasteiger partial charge is 0.358 e. The average Bonchev–Trinajstić information content (AvgIpc) is 3.14. The van der Waals surface area contributed by atoms with Crippen LogP contribution < -0.4 is 0 Å². The number of aryl methyl sites for hydroxylation is 1. The van der Waals surface area contributed by atoms with Gasteiger partial charge < -0.3 is 9.88 Å². The van der Waals surface area contributed by atoms with Crippen molar-refractivity contribution in [1.82, 2.24) is 9.88 Å². The van der Waals surface area contributed by atoms with Gasteiger partial charge in [-0.1, -0.05) is 23.2 Å². The number of nitrogens with zero attached hydrogens (tertiary/aromatic N) is 1. The molecule has 1 aliphatic rings. The summed E-state index contributed by atoms with van der Waals surface area (Å²) < 4.78 is 39.4. The molecule has 1 amide bonds. The SMILES string of the molecule is Cc1cc(C(F)(F)F)cc2[nH]c(Cc3c(Cl)ccc(C(=O)N4CCCCC4)c3Cl)cc12. The Morgan fingerprint density at radius 3 is 2.48 bits per heavy atom. The van der Waals surface area contributed by atoms with Crippen molar-refractivity contribution >= 4 is 40.0 Å². The third-order valence-electron chi connectivity index (χ3n) is 5.75. The fourth-order valence-corrected chi connectivity index (χ4v) is 4.70. The maximum Gasteiger partial charge on any atom is 0.416 e. The first-order valence-electron chi connectivity index (χ1n) is 10.1. The van der Waals surface area contributed by atoms with Crippen LogP contribution in [-0.4, -0.2) is 28.9 Å². The van der Waals surface area contributed by atoms with Crippen molar-refractivity contribution in [3.8, 4) is 0 Å². The van der Waals surface area contributed by atoms with Gasteiger partial charge in [-0.25, -0.2) is 0 Å². The van der Waals surface area contributed by atoms with E-state index in [1.807, 2.05) is 0 Å². The number of aromatic amines is 1. The maximum atomic E-state index is 13.1. The third-order valence-corrected chi connectivity index (χ3v) is 6.54. The Kier molecular flexibility index (Phi) is 5.97. The van der Waals surface area contributed by atoms with Crippen molar-refractivity contribution in [1.29, 1.82) is 0 Å². The number of alkyl halides is 3. The van der Waals surface area contributed by atoms with Crippen LogP contribution in [0.2, 0.25) is 10.0 Å². The van der Waals surface area contributed by atoms with E-state index in [0.717, 1.165) is 31.4 Å². The minimum atomic E-state index is -4.42. The first kappa shape index (κ1) is 22.0. The van der Waals surface area contributed by atoms with E-state index in [1.54, 1.807) is 30.0 Å². The highest BCUT2D eigenvalue weighted by atomic mass is 35.5. The van der Waals surface area contributed by atoms with Crippen LogP contribution in [0.1, 0.15) is 52.0 Å². The summed E-state index contributed by atoms with van der Waals surface area (Å²) in [6.07, 6.45) is -1.09. The van der Waals surface area contributed by atoms with Crippen LogP contribution in [-0.2, 0) is 12.6 Å². The summed E-state index contributed by atoms with van der Waals surface area (Å²) in [4.78, 5) is 17.8. The van der Waals surface area contributed by atoms with Crippen LogP contribution >= 0.6 is 23.2 Å². The van der Waals surface area contributed by atoms with E-state index in [0.29, 0.717) is 51.4 Å². The van der Waals surface area contributed by atoms with E-state index in [1.165, 1.54) is 0 Å². The number of hydrogen-bond donors (Lipinski definition) is 1. The number of piperidine rings is 1. The van der Waals surface area contributed by atoms with Gasteiger partial charge in [-0.2, -0.15) is 13.2 Å². The minimum absolute atomic E-state index is 0.120. The van der Waals surface area contributed by atoms with Crippen molar-refractivity contribution in [2.75, 3.05) is 13.1 Å². The number of aromatic nitrogens is 1. The van der Waals surface area contributed by atoms with E-state index in [4.69, 9.17) is 23.2 Å². The predicted octanol–water partition coefficient (Wildman–Crippen LogP) is 7.02. The van der Waals surface area contributed by atoms with Gasteiger partial charge in [0.2, 0.25) is 0 Å². The summed E-state index contributed by atoms with van der Waals surface area (Å²) in [5.74, 6) is -0.120. The van der Waals surface area contributed by atoms with E-state index in [2.05, 4.69) is 4.98 Å². The summed E-state index contributed by atoms with van der Waals surface area (Å²) in [5.41, 5.74) is 1.87. The molecule has 0 saturated carbocycles. The standard InChI is InChI=1S/C23H21Cl2F3N2O/c1-13-9-14(23(26,27)28)10-20-17(13)11-15(29-20)12-18-19(24)6-5-16(21(18)25)22(31)30-7-3-2-4-8-30/h5-6,9-11,29H,2-4,7-8,12H2,1H3. The number of likely N-dealkylation sites (tertiary alicyclic amines) is 1. The van der Waals surface area contributed by atoms with Gasteiger partial charge in [0.1, 0.15) is 0 Å². The molecule has 4 rings (SSSR count). The van der Waals surface area contributed by atoms with Crippen LogP contribution in [0.5, 0.6) is 0 Å². The Morgan fingerprint density at radius 1 is 1.10 bits per heavy atom. The number of rotatable bonds is 3. The molecule has 164 valence electrons. The first-order valence-corrected chi connectivity index (χ1v) is 10.9. The molecule has 2 heterocycles. The lowest BCUT2D eigenvalue weighted by atomic mass is 10.0.